The van der Waals surface area contributed by atoms with Gasteiger partial charge in [0.25, 0.3) is 0 Å². The van der Waals surface area contributed by atoms with Gasteiger partial charge in [0.2, 0.25) is 11.8 Å². The quantitative estimate of drug-likeness (QED) is 0.592. The van der Waals surface area contributed by atoms with E-state index in [1.807, 2.05) is 47.1 Å². The van der Waals surface area contributed by atoms with E-state index in [1.165, 1.54) is 18.4 Å². The molecular formula is C25H32N2O3. The lowest BCUT2D eigenvalue weighted by molar-refractivity contribution is -0.145. The largest absolute Gasteiger partial charge is 0.464 e. The fourth-order valence-corrected chi connectivity index (χ4v) is 3.98. The van der Waals surface area contributed by atoms with Gasteiger partial charge < -0.3 is 14.2 Å². The number of furan rings is 1. The van der Waals surface area contributed by atoms with E-state index in [0.29, 0.717) is 19.0 Å². The lowest BCUT2D eigenvalue weighted by Crippen LogP contribution is -2.47. The van der Waals surface area contributed by atoms with Crippen LogP contribution in [0, 0.1) is 18.8 Å². The summed E-state index contributed by atoms with van der Waals surface area (Å²) >= 11 is 0. The van der Waals surface area contributed by atoms with E-state index in [-0.39, 0.29) is 24.3 Å². The number of hydrogen-bond donors (Lipinski definition) is 0. The van der Waals surface area contributed by atoms with E-state index in [0.717, 1.165) is 43.7 Å². The van der Waals surface area contributed by atoms with E-state index in [2.05, 4.69) is 12.1 Å². The maximum atomic E-state index is 13.3. The minimum Gasteiger partial charge on any atom is -0.464 e. The first-order chi connectivity index (χ1) is 14.6. The number of hydrogen-bond acceptors (Lipinski definition) is 3. The van der Waals surface area contributed by atoms with Gasteiger partial charge in [-0.05, 0) is 62.6 Å². The van der Waals surface area contributed by atoms with Crippen molar-refractivity contribution in [2.24, 2.45) is 11.8 Å². The third-order valence-electron chi connectivity index (χ3n) is 6.28. The Morgan fingerprint density at radius 1 is 1.00 bits per heavy atom. The maximum absolute atomic E-state index is 13.3. The number of carbonyl (C=O) groups is 2. The zero-order valence-electron chi connectivity index (χ0n) is 17.9. The molecule has 1 aromatic heterocycles. The van der Waals surface area contributed by atoms with Crippen LogP contribution in [-0.4, -0.2) is 41.2 Å². The third-order valence-corrected chi connectivity index (χ3v) is 6.28. The van der Waals surface area contributed by atoms with Crippen molar-refractivity contribution in [3.8, 4) is 0 Å². The number of carbonyl (C=O) groups excluding carboxylic acids is 2. The van der Waals surface area contributed by atoms with Crippen molar-refractivity contribution in [3.63, 3.8) is 0 Å². The fraction of sp³-hybridized carbons (Fsp3) is 0.520. The summed E-state index contributed by atoms with van der Waals surface area (Å²) in [7, 11) is 0. The predicted octanol–water partition coefficient (Wildman–Crippen LogP) is 4.20. The van der Waals surface area contributed by atoms with Gasteiger partial charge in [0.1, 0.15) is 11.5 Å². The molecule has 0 atom stereocenters. The minimum absolute atomic E-state index is 0.00769. The monoisotopic (exact) mass is 408 g/mol. The molecule has 2 saturated carbocycles. The molecule has 1 heterocycles. The van der Waals surface area contributed by atoms with Gasteiger partial charge in [0.15, 0.2) is 0 Å². The zero-order valence-corrected chi connectivity index (χ0v) is 17.9. The standard InChI is InChI=1S/C25H32N2O3/c1-19-10-13-23(30-19)17-26(15-14-20-6-3-2-4-7-20)24(28)18-27(16-21-11-12-21)25(29)22-8-5-9-22/h2-4,6-7,10,13,21-22H,5,8-9,11-12,14-18H2,1H3. The number of amides is 2. The van der Waals surface area contributed by atoms with Crippen molar-refractivity contribution in [3.05, 3.63) is 59.5 Å². The van der Waals surface area contributed by atoms with Crippen LogP contribution in [0.5, 0.6) is 0 Å². The first kappa shape index (κ1) is 20.7. The number of nitrogens with zero attached hydrogens (tertiary/aromatic N) is 2. The number of aryl methyl sites for hydroxylation is 1. The Bertz CT molecular complexity index is 852. The van der Waals surface area contributed by atoms with E-state index in [4.69, 9.17) is 4.42 Å². The first-order valence-corrected chi connectivity index (χ1v) is 11.2. The van der Waals surface area contributed by atoms with E-state index >= 15 is 0 Å². The van der Waals surface area contributed by atoms with Gasteiger partial charge in [-0.2, -0.15) is 0 Å². The molecule has 0 N–H and O–H groups in total. The molecule has 0 unspecified atom stereocenters. The SMILES string of the molecule is Cc1ccc(CN(CCc2ccccc2)C(=O)CN(CC2CC2)C(=O)C2CCC2)o1. The molecule has 30 heavy (non-hydrogen) atoms. The number of rotatable bonds is 10. The molecule has 0 radical (unpaired) electrons. The van der Waals surface area contributed by atoms with Crippen molar-refractivity contribution in [1.29, 1.82) is 0 Å². The smallest absolute Gasteiger partial charge is 0.242 e. The Kier molecular flexibility index (Phi) is 6.56. The molecule has 0 aliphatic heterocycles. The highest BCUT2D eigenvalue weighted by Crippen LogP contribution is 2.33. The van der Waals surface area contributed by atoms with Crippen molar-refractivity contribution in [2.75, 3.05) is 19.6 Å². The van der Waals surface area contributed by atoms with Crippen LogP contribution in [0.1, 0.15) is 49.2 Å². The summed E-state index contributed by atoms with van der Waals surface area (Å²) in [6.07, 6.45) is 6.20. The van der Waals surface area contributed by atoms with Crippen LogP contribution in [0.2, 0.25) is 0 Å². The Hall–Kier alpha value is -2.56. The molecule has 160 valence electrons. The lowest BCUT2D eigenvalue weighted by Gasteiger charge is -2.33. The molecule has 0 bridgehead atoms. The molecule has 0 saturated heterocycles. The summed E-state index contributed by atoms with van der Waals surface area (Å²) in [5.74, 6) is 2.52. The lowest BCUT2D eigenvalue weighted by atomic mass is 9.84. The molecule has 2 fully saturated rings. The number of benzene rings is 1. The van der Waals surface area contributed by atoms with Crippen molar-refractivity contribution in [1.82, 2.24) is 9.80 Å². The molecule has 2 aliphatic carbocycles. The summed E-state index contributed by atoms with van der Waals surface area (Å²) < 4.78 is 5.73. The Morgan fingerprint density at radius 2 is 1.77 bits per heavy atom. The highest BCUT2D eigenvalue weighted by atomic mass is 16.3. The summed E-state index contributed by atoms with van der Waals surface area (Å²) in [6.45, 7) is 3.87. The molecule has 5 nitrogen and oxygen atoms in total. The second kappa shape index (κ2) is 9.50. The van der Waals surface area contributed by atoms with Crippen LogP contribution < -0.4 is 0 Å². The van der Waals surface area contributed by atoms with Gasteiger partial charge in [-0.3, -0.25) is 9.59 Å². The van der Waals surface area contributed by atoms with Crippen LogP contribution in [0.4, 0.5) is 0 Å². The summed E-state index contributed by atoms with van der Waals surface area (Å²) in [5.41, 5.74) is 1.20. The molecule has 2 amide bonds. The predicted molar refractivity (Wildman–Crippen MR) is 116 cm³/mol. The van der Waals surface area contributed by atoms with Crippen LogP contribution in [0.25, 0.3) is 0 Å². The van der Waals surface area contributed by atoms with Crippen LogP contribution in [-0.2, 0) is 22.6 Å². The average molecular weight is 409 g/mol. The Morgan fingerprint density at radius 3 is 2.37 bits per heavy atom. The van der Waals surface area contributed by atoms with Crippen molar-refractivity contribution < 1.29 is 14.0 Å². The molecule has 5 heteroatoms. The minimum atomic E-state index is 0.00769. The first-order valence-electron chi connectivity index (χ1n) is 11.2. The van der Waals surface area contributed by atoms with Gasteiger partial charge in [-0.1, -0.05) is 36.8 Å². The molecule has 0 spiro atoms. The van der Waals surface area contributed by atoms with Gasteiger partial charge in [-0.15, -0.1) is 0 Å². The molecule has 2 aromatic rings. The Balaban J connectivity index is 1.43. The van der Waals surface area contributed by atoms with Crippen molar-refractivity contribution in [2.45, 2.75) is 52.0 Å². The fourth-order valence-electron chi connectivity index (χ4n) is 3.98. The summed E-state index contributed by atoms with van der Waals surface area (Å²) in [5, 5.41) is 0. The van der Waals surface area contributed by atoms with Gasteiger partial charge in [-0.25, -0.2) is 0 Å². The molecular weight excluding hydrogens is 376 g/mol. The summed E-state index contributed by atoms with van der Waals surface area (Å²) in [4.78, 5) is 29.9. The van der Waals surface area contributed by atoms with Crippen LogP contribution >= 0.6 is 0 Å². The Labute approximate surface area is 179 Å². The van der Waals surface area contributed by atoms with Gasteiger partial charge >= 0.3 is 0 Å². The van der Waals surface area contributed by atoms with E-state index in [1.54, 1.807) is 0 Å². The summed E-state index contributed by atoms with van der Waals surface area (Å²) in [6, 6.07) is 14.1. The van der Waals surface area contributed by atoms with Crippen LogP contribution in [0.3, 0.4) is 0 Å². The maximum Gasteiger partial charge on any atom is 0.242 e. The van der Waals surface area contributed by atoms with Crippen LogP contribution in [0.15, 0.2) is 46.9 Å². The zero-order chi connectivity index (χ0) is 20.9. The normalized spacial score (nSPS) is 16.2. The second-order valence-corrected chi connectivity index (χ2v) is 8.85. The highest BCUT2D eigenvalue weighted by Gasteiger charge is 2.34. The van der Waals surface area contributed by atoms with E-state index < -0.39 is 0 Å². The third kappa shape index (κ3) is 5.53. The topological polar surface area (TPSA) is 53.8 Å². The molecule has 2 aliphatic rings. The van der Waals surface area contributed by atoms with Crippen molar-refractivity contribution >= 4 is 11.8 Å². The van der Waals surface area contributed by atoms with Gasteiger partial charge in [0.05, 0.1) is 13.1 Å². The second-order valence-electron chi connectivity index (χ2n) is 8.85. The molecule has 1 aromatic carbocycles. The van der Waals surface area contributed by atoms with E-state index in [9.17, 15) is 9.59 Å². The molecule has 4 rings (SSSR count). The highest BCUT2D eigenvalue weighted by molar-refractivity contribution is 5.86. The van der Waals surface area contributed by atoms with Gasteiger partial charge in [0, 0.05) is 19.0 Å². The average Bonchev–Trinajstić information content (AvgIpc) is 3.43.